The lowest BCUT2D eigenvalue weighted by molar-refractivity contribution is 0.284. The molecule has 7 heteroatoms. The number of nitriles is 1. The van der Waals surface area contributed by atoms with Crippen LogP contribution in [0.3, 0.4) is 0 Å². The molecule has 2 aromatic rings. The summed E-state index contributed by atoms with van der Waals surface area (Å²) in [5.74, 6) is 1.05. The summed E-state index contributed by atoms with van der Waals surface area (Å²) in [7, 11) is 0. The van der Waals surface area contributed by atoms with Gasteiger partial charge in [-0.05, 0) is 35.2 Å². The van der Waals surface area contributed by atoms with Crippen LogP contribution in [0.15, 0.2) is 21.2 Å². The minimum atomic E-state index is 0.167. The highest BCUT2D eigenvalue weighted by molar-refractivity contribution is 9.10. The Morgan fingerprint density at radius 2 is 2.27 bits per heavy atom. The van der Waals surface area contributed by atoms with Crippen molar-refractivity contribution in [1.82, 2.24) is 10.3 Å². The lowest BCUT2D eigenvalue weighted by Crippen LogP contribution is -2.30. The Kier molecular flexibility index (Phi) is 4.62. The van der Waals surface area contributed by atoms with Gasteiger partial charge in [0.15, 0.2) is 5.58 Å². The first-order chi connectivity index (χ1) is 10.7. The van der Waals surface area contributed by atoms with Gasteiger partial charge >= 0.3 is 0 Å². The molecular weight excluding hydrogens is 348 g/mol. The predicted octanol–water partition coefficient (Wildman–Crippen LogP) is 2.38. The van der Waals surface area contributed by atoms with Crippen LogP contribution in [0, 0.1) is 11.3 Å². The van der Waals surface area contributed by atoms with Gasteiger partial charge < -0.3 is 20.2 Å². The number of hydrogen-bond donors (Lipinski definition) is 3. The molecule has 0 spiro atoms. The molecule has 3 N–H and O–H groups in total. The van der Waals surface area contributed by atoms with Crippen LogP contribution in [0.2, 0.25) is 0 Å². The molecule has 2 heterocycles. The molecule has 22 heavy (non-hydrogen) atoms. The van der Waals surface area contributed by atoms with Crippen LogP contribution in [0.1, 0.15) is 25.0 Å². The van der Waals surface area contributed by atoms with Crippen molar-refractivity contribution in [3.05, 3.63) is 22.5 Å². The van der Waals surface area contributed by atoms with Gasteiger partial charge in [-0.25, -0.2) is 4.98 Å². The third kappa shape index (κ3) is 3.09. The average Bonchev–Trinajstić information content (AvgIpc) is 3.15. The molecule has 3 rings (SSSR count). The number of nitrogens with zero attached hydrogens (tertiary/aromatic N) is 2. The maximum Gasteiger partial charge on any atom is 0.204 e. The van der Waals surface area contributed by atoms with Gasteiger partial charge in [-0.15, -0.1) is 0 Å². The zero-order valence-corrected chi connectivity index (χ0v) is 13.6. The number of nitrogens with one attached hydrogen (secondary N) is 2. The summed E-state index contributed by atoms with van der Waals surface area (Å²) in [6.07, 6.45) is 4.78. The summed E-state index contributed by atoms with van der Waals surface area (Å²) < 4.78 is 6.19. The first-order valence-corrected chi connectivity index (χ1v) is 8.09. The van der Waals surface area contributed by atoms with Gasteiger partial charge in [0.05, 0.1) is 17.3 Å². The van der Waals surface area contributed by atoms with Crippen molar-refractivity contribution in [2.75, 3.05) is 18.5 Å². The Bertz CT molecular complexity index is 709. The average molecular weight is 365 g/mol. The van der Waals surface area contributed by atoms with Crippen molar-refractivity contribution in [1.29, 1.82) is 5.26 Å². The highest BCUT2D eigenvalue weighted by atomic mass is 79.9. The van der Waals surface area contributed by atoms with Crippen LogP contribution in [0.25, 0.3) is 11.0 Å². The summed E-state index contributed by atoms with van der Waals surface area (Å²) in [5, 5.41) is 25.4. The second kappa shape index (κ2) is 6.65. The minimum absolute atomic E-state index is 0.167. The fraction of sp³-hybridized carbons (Fsp3) is 0.467. The van der Waals surface area contributed by atoms with Gasteiger partial charge in [-0.3, -0.25) is 0 Å². The van der Waals surface area contributed by atoms with Crippen LogP contribution >= 0.6 is 15.9 Å². The molecule has 1 saturated carbocycles. The topological polar surface area (TPSA) is 94.1 Å². The Labute approximate surface area is 136 Å². The predicted molar refractivity (Wildman–Crippen MR) is 86.6 cm³/mol. The van der Waals surface area contributed by atoms with Gasteiger partial charge in [0.2, 0.25) is 5.76 Å². The van der Waals surface area contributed by atoms with E-state index < -0.39 is 0 Å². The van der Waals surface area contributed by atoms with E-state index in [2.05, 4.69) is 31.5 Å². The van der Waals surface area contributed by atoms with Crippen LogP contribution in [-0.2, 0) is 0 Å². The number of hydrogen-bond acceptors (Lipinski definition) is 6. The molecule has 0 aliphatic heterocycles. The van der Waals surface area contributed by atoms with Crippen LogP contribution in [-0.4, -0.2) is 35.3 Å². The second-order valence-electron chi connectivity index (χ2n) is 5.45. The number of pyridine rings is 1. The monoisotopic (exact) mass is 364 g/mol. The molecule has 1 aliphatic carbocycles. The van der Waals surface area contributed by atoms with Gasteiger partial charge in [0.1, 0.15) is 11.9 Å². The molecule has 2 aromatic heterocycles. The number of aliphatic hydroxyl groups excluding tert-OH is 1. The Hall–Kier alpha value is -1.62. The highest BCUT2D eigenvalue weighted by Crippen LogP contribution is 2.33. The van der Waals surface area contributed by atoms with Crippen molar-refractivity contribution < 1.29 is 9.52 Å². The van der Waals surface area contributed by atoms with E-state index in [9.17, 15) is 0 Å². The highest BCUT2D eigenvalue weighted by Gasteiger charge is 2.25. The fourth-order valence-corrected chi connectivity index (χ4v) is 3.42. The van der Waals surface area contributed by atoms with E-state index in [1.807, 2.05) is 6.07 Å². The number of rotatable bonds is 5. The summed E-state index contributed by atoms with van der Waals surface area (Å²) in [5.41, 5.74) is 0.600. The first kappa shape index (κ1) is 15.3. The number of aliphatic hydroxyl groups is 1. The van der Waals surface area contributed by atoms with Gasteiger partial charge in [0.25, 0.3) is 0 Å². The second-order valence-corrected chi connectivity index (χ2v) is 6.24. The Morgan fingerprint density at radius 3 is 3.05 bits per heavy atom. The van der Waals surface area contributed by atoms with Crippen LogP contribution in [0.5, 0.6) is 0 Å². The van der Waals surface area contributed by atoms with E-state index in [-0.39, 0.29) is 12.4 Å². The number of fused-ring (bicyclic) bond motifs is 1. The minimum Gasteiger partial charge on any atom is -0.444 e. The maximum absolute atomic E-state index is 8.91. The van der Waals surface area contributed by atoms with Gasteiger partial charge in [0, 0.05) is 30.1 Å². The van der Waals surface area contributed by atoms with Crippen LogP contribution < -0.4 is 10.6 Å². The molecule has 116 valence electrons. The van der Waals surface area contributed by atoms with E-state index in [0.29, 0.717) is 24.2 Å². The molecule has 1 fully saturated rings. The van der Waals surface area contributed by atoms with E-state index in [1.165, 1.54) is 0 Å². The fourth-order valence-electron chi connectivity index (χ4n) is 2.90. The number of anilines is 1. The SMILES string of the molecule is N#Cc1cc2c(Br)c(N[C@@H]3CC[C@@H](NCCO)C3)ncc2o1. The van der Waals surface area contributed by atoms with Crippen molar-refractivity contribution in [3.63, 3.8) is 0 Å². The molecule has 0 amide bonds. The smallest absolute Gasteiger partial charge is 0.204 e. The maximum atomic E-state index is 8.91. The Morgan fingerprint density at radius 1 is 1.45 bits per heavy atom. The summed E-state index contributed by atoms with van der Waals surface area (Å²) in [4.78, 5) is 4.38. The lowest BCUT2D eigenvalue weighted by Gasteiger charge is -2.15. The first-order valence-electron chi connectivity index (χ1n) is 7.30. The van der Waals surface area contributed by atoms with E-state index in [4.69, 9.17) is 14.8 Å². The molecule has 0 unspecified atom stereocenters. The molecule has 0 radical (unpaired) electrons. The molecule has 0 saturated heterocycles. The number of aromatic nitrogens is 1. The largest absolute Gasteiger partial charge is 0.444 e. The van der Waals surface area contributed by atoms with Gasteiger partial charge in [-0.2, -0.15) is 5.26 Å². The van der Waals surface area contributed by atoms with Crippen LogP contribution in [0.4, 0.5) is 5.82 Å². The molecule has 0 aromatic carbocycles. The molecule has 6 nitrogen and oxygen atoms in total. The number of halogens is 1. The number of furan rings is 1. The standard InChI is InChI=1S/C15H17BrN4O2/c16-14-12-6-11(7-17)22-13(12)8-19-15(14)20-10-2-1-9(5-10)18-3-4-21/h6,8-10,18,21H,1-5H2,(H,19,20)/t9-,10-/m1/s1. The Balaban J connectivity index is 1.72. The van der Waals surface area contributed by atoms with Gasteiger partial charge in [-0.1, -0.05) is 0 Å². The normalized spacial score (nSPS) is 21.1. The van der Waals surface area contributed by atoms with E-state index in [1.54, 1.807) is 12.3 Å². The molecular formula is C15H17BrN4O2. The summed E-state index contributed by atoms with van der Waals surface area (Å²) in [6, 6.07) is 4.50. The zero-order valence-electron chi connectivity index (χ0n) is 12.0. The summed E-state index contributed by atoms with van der Waals surface area (Å²) in [6.45, 7) is 0.803. The van der Waals surface area contributed by atoms with Crippen molar-refractivity contribution >= 4 is 32.7 Å². The van der Waals surface area contributed by atoms with Crippen molar-refractivity contribution in [2.24, 2.45) is 0 Å². The third-order valence-corrected chi connectivity index (χ3v) is 4.75. The lowest BCUT2D eigenvalue weighted by atomic mass is 10.2. The van der Waals surface area contributed by atoms with Crippen molar-refractivity contribution in [2.45, 2.75) is 31.3 Å². The van der Waals surface area contributed by atoms with E-state index in [0.717, 1.165) is 34.9 Å². The third-order valence-electron chi connectivity index (χ3n) is 3.94. The zero-order chi connectivity index (χ0) is 15.5. The van der Waals surface area contributed by atoms with E-state index >= 15 is 0 Å². The molecule has 2 atom stereocenters. The quantitative estimate of drug-likeness (QED) is 0.753. The molecule has 0 bridgehead atoms. The summed E-state index contributed by atoms with van der Waals surface area (Å²) >= 11 is 3.55. The molecule has 1 aliphatic rings. The van der Waals surface area contributed by atoms with Crippen molar-refractivity contribution in [3.8, 4) is 6.07 Å².